The molecule has 1 aliphatic rings. The second-order valence-electron chi connectivity index (χ2n) is 7.18. The number of unbranched alkanes of at least 4 members (excludes halogenated alkanes) is 4. The number of allylic oxidation sites excluding steroid dienone is 1. The maximum atomic E-state index is 13.9. The summed E-state index contributed by atoms with van der Waals surface area (Å²) in [5, 5.41) is 0. The fourth-order valence-corrected chi connectivity index (χ4v) is 4.40. The van der Waals surface area contributed by atoms with E-state index in [1.54, 1.807) is 6.07 Å². The highest BCUT2D eigenvalue weighted by molar-refractivity contribution is 14.1. The van der Waals surface area contributed by atoms with Crippen molar-refractivity contribution >= 4 is 22.6 Å². The Kier molecular flexibility index (Phi) is 8.55. The predicted octanol–water partition coefficient (Wildman–Crippen LogP) is 7.63. The van der Waals surface area contributed by atoms with E-state index in [2.05, 4.69) is 54.0 Å². The Balaban J connectivity index is 1.94. The maximum Gasteiger partial charge on any atom is 0.136 e. The molecule has 0 aliphatic heterocycles. The van der Waals surface area contributed by atoms with Crippen molar-refractivity contribution in [2.24, 2.45) is 11.8 Å². The minimum absolute atomic E-state index is 0.0815. The summed E-state index contributed by atoms with van der Waals surface area (Å²) in [6.07, 6.45) is 13.8. The van der Waals surface area contributed by atoms with Crippen LogP contribution in [-0.2, 0) is 0 Å². The van der Waals surface area contributed by atoms with Crippen molar-refractivity contribution in [3.63, 3.8) is 0 Å². The van der Waals surface area contributed by atoms with Crippen molar-refractivity contribution in [1.29, 1.82) is 0 Å². The van der Waals surface area contributed by atoms with Gasteiger partial charge in [-0.1, -0.05) is 51.7 Å². The van der Waals surface area contributed by atoms with Crippen molar-refractivity contribution in [2.45, 2.75) is 70.6 Å². The van der Waals surface area contributed by atoms with Crippen LogP contribution in [0.3, 0.4) is 0 Å². The summed E-state index contributed by atoms with van der Waals surface area (Å²) in [5.74, 6) is 1.70. The molecule has 1 fully saturated rings. The summed E-state index contributed by atoms with van der Waals surface area (Å²) in [4.78, 5) is 0. The van der Waals surface area contributed by atoms with E-state index in [1.807, 2.05) is 6.07 Å². The van der Waals surface area contributed by atoms with Crippen molar-refractivity contribution in [3.05, 3.63) is 51.5 Å². The molecule has 0 nitrogen and oxygen atoms in total. The first kappa shape index (κ1) is 19.7. The van der Waals surface area contributed by atoms with E-state index in [4.69, 9.17) is 0 Å². The van der Waals surface area contributed by atoms with Gasteiger partial charge in [-0.15, -0.1) is 5.73 Å². The lowest BCUT2D eigenvalue weighted by molar-refractivity contribution is 0.238. The SMILES string of the molecule is C=C=CC1CC(c2ccc(I)c(F)c2)CCC1CCCCCCC. The zero-order valence-electron chi connectivity index (χ0n) is 14.9. The molecule has 0 heterocycles. The number of benzene rings is 1. The summed E-state index contributed by atoms with van der Waals surface area (Å²) >= 11 is 2.06. The Morgan fingerprint density at radius 3 is 2.75 bits per heavy atom. The summed E-state index contributed by atoms with van der Waals surface area (Å²) in [5.41, 5.74) is 4.18. The molecule has 0 saturated heterocycles. The number of rotatable bonds is 8. The van der Waals surface area contributed by atoms with Gasteiger partial charge in [0, 0.05) is 3.57 Å². The summed E-state index contributed by atoms with van der Waals surface area (Å²) < 4.78 is 14.6. The molecule has 1 saturated carbocycles. The minimum Gasteiger partial charge on any atom is -0.206 e. The van der Waals surface area contributed by atoms with Gasteiger partial charge in [-0.25, -0.2) is 4.39 Å². The van der Waals surface area contributed by atoms with E-state index in [0.717, 1.165) is 17.9 Å². The third-order valence-electron chi connectivity index (χ3n) is 5.47. The van der Waals surface area contributed by atoms with Gasteiger partial charge in [0.15, 0.2) is 0 Å². The fraction of sp³-hybridized carbons (Fsp3) is 0.591. The maximum absolute atomic E-state index is 13.9. The molecule has 0 bridgehead atoms. The van der Waals surface area contributed by atoms with Crippen LogP contribution in [0.15, 0.2) is 36.6 Å². The van der Waals surface area contributed by atoms with Crippen molar-refractivity contribution in [3.8, 4) is 0 Å². The van der Waals surface area contributed by atoms with Crippen LogP contribution in [0, 0.1) is 21.2 Å². The molecule has 0 N–H and O–H groups in total. The van der Waals surface area contributed by atoms with Crippen LogP contribution in [0.1, 0.15) is 76.2 Å². The third kappa shape index (κ3) is 5.74. The molecular formula is C22H30FI. The van der Waals surface area contributed by atoms with Gasteiger partial charge in [-0.05, 0) is 89.8 Å². The number of hydrogen-bond donors (Lipinski definition) is 0. The molecule has 2 heteroatoms. The van der Waals surface area contributed by atoms with E-state index in [9.17, 15) is 4.39 Å². The topological polar surface area (TPSA) is 0 Å². The Hall–Kier alpha value is -0.600. The second kappa shape index (κ2) is 10.4. The largest absolute Gasteiger partial charge is 0.206 e. The highest BCUT2D eigenvalue weighted by Crippen LogP contribution is 2.42. The predicted molar refractivity (Wildman–Crippen MR) is 110 cm³/mol. The molecule has 0 radical (unpaired) electrons. The molecule has 3 atom stereocenters. The van der Waals surface area contributed by atoms with Crippen LogP contribution < -0.4 is 0 Å². The van der Waals surface area contributed by atoms with E-state index in [-0.39, 0.29) is 5.82 Å². The molecule has 0 aromatic heterocycles. The van der Waals surface area contributed by atoms with Gasteiger partial charge >= 0.3 is 0 Å². The van der Waals surface area contributed by atoms with Gasteiger partial charge in [0.05, 0.1) is 0 Å². The Morgan fingerprint density at radius 2 is 2.04 bits per heavy atom. The highest BCUT2D eigenvalue weighted by atomic mass is 127. The third-order valence-corrected chi connectivity index (χ3v) is 6.35. The molecule has 1 aromatic carbocycles. The van der Waals surface area contributed by atoms with Gasteiger partial charge in [0.2, 0.25) is 0 Å². The molecule has 24 heavy (non-hydrogen) atoms. The van der Waals surface area contributed by atoms with E-state index >= 15 is 0 Å². The second-order valence-corrected chi connectivity index (χ2v) is 8.34. The van der Waals surface area contributed by atoms with E-state index in [1.165, 1.54) is 51.4 Å². The summed E-state index contributed by atoms with van der Waals surface area (Å²) in [6, 6.07) is 5.75. The average Bonchev–Trinajstić information content (AvgIpc) is 2.58. The standard InChI is InChI=1S/C22H30FI/c1-3-5-6-7-8-10-17-11-12-19(15-18(17)9-4-2)20-13-14-22(24)21(23)16-20/h9,13-14,16-19H,2-3,5-8,10-12,15H2,1H3. The number of halogens is 2. The lowest BCUT2D eigenvalue weighted by Crippen LogP contribution is -2.23. The molecule has 3 unspecified atom stereocenters. The summed E-state index contributed by atoms with van der Waals surface area (Å²) in [6.45, 7) is 6.06. The minimum atomic E-state index is -0.0815. The van der Waals surface area contributed by atoms with Crippen LogP contribution >= 0.6 is 22.6 Å². The first-order chi connectivity index (χ1) is 11.7. The Labute approximate surface area is 160 Å². The molecular weight excluding hydrogens is 410 g/mol. The van der Waals surface area contributed by atoms with Crippen LogP contribution in [-0.4, -0.2) is 0 Å². The van der Waals surface area contributed by atoms with Crippen LogP contribution in [0.2, 0.25) is 0 Å². The number of hydrogen-bond acceptors (Lipinski definition) is 0. The Bertz CT molecular complexity index is 559. The first-order valence-corrected chi connectivity index (χ1v) is 10.5. The van der Waals surface area contributed by atoms with Crippen molar-refractivity contribution in [1.82, 2.24) is 0 Å². The smallest absolute Gasteiger partial charge is 0.136 e. The van der Waals surface area contributed by atoms with E-state index in [0.29, 0.717) is 15.4 Å². The van der Waals surface area contributed by atoms with Gasteiger partial charge in [-0.3, -0.25) is 0 Å². The molecule has 2 rings (SSSR count). The van der Waals surface area contributed by atoms with Gasteiger partial charge in [0.25, 0.3) is 0 Å². The van der Waals surface area contributed by atoms with Gasteiger partial charge in [0.1, 0.15) is 5.82 Å². The first-order valence-electron chi connectivity index (χ1n) is 9.46. The van der Waals surface area contributed by atoms with Crippen LogP contribution in [0.25, 0.3) is 0 Å². The Morgan fingerprint density at radius 1 is 1.25 bits per heavy atom. The monoisotopic (exact) mass is 440 g/mol. The molecule has 1 aliphatic carbocycles. The average molecular weight is 440 g/mol. The zero-order valence-corrected chi connectivity index (χ0v) is 17.0. The fourth-order valence-electron chi connectivity index (χ4n) is 4.06. The highest BCUT2D eigenvalue weighted by Gasteiger charge is 2.29. The van der Waals surface area contributed by atoms with Crippen LogP contribution in [0.5, 0.6) is 0 Å². The van der Waals surface area contributed by atoms with Crippen molar-refractivity contribution < 1.29 is 4.39 Å². The molecule has 132 valence electrons. The molecule has 0 amide bonds. The zero-order chi connectivity index (χ0) is 17.4. The van der Waals surface area contributed by atoms with Gasteiger partial charge < -0.3 is 0 Å². The lowest BCUT2D eigenvalue weighted by Gasteiger charge is -2.35. The molecule has 0 spiro atoms. The van der Waals surface area contributed by atoms with Crippen molar-refractivity contribution in [2.75, 3.05) is 0 Å². The summed E-state index contributed by atoms with van der Waals surface area (Å²) in [7, 11) is 0. The normalized spacial score (nSPS) is 23.7. The van der Waals surface area contributed by atoms with Gasteiger partial charge in [-0.2, -0.15) is 0 Å². The van der Waals surface area contributed by atoms with Crippen LogP contribution in [0.4, 0.5) is 4.39 Å². The quantitative estimate of drug-likeness (QED) is 0.221. The molecule has 1 aromatic rings. The lowest BCUT2D eigenvalue weighted by atomic mass is 9.70. The van der Waals surface area contributed by atoms with E-state index < -0.39 is 0 Å².